The lowest BCUT2D eigenvalue weighted by Gasteiger charge is -2.09. The normalized spacial score (nSPS) is 11.8. The van der Waals surface area contributed by atoms with Gasteiger partial charge in [0.25, 0.3) is 5.91 Å². The van der Waals surface area contributed by atoms with Crippen LogP contribution in [0.3, 0.4) is 0 Å². The van der Waals surface area contributed by atoms with Gasteiger partial charge in [0.1, 0.15) is 5.69 Å². The maximum Gasteiger partial charge on any atom is 0.267 e. The number of rotatable bonds is 3. The van der Waals surface area contributed by atoms with E-state index in [1.807, 2.05) is 6.92 Å². The Morgan fingerprint density at radius 3 is 3.07 bits per heavy atom. The third-order valence-corrected chi connectivity index (χ3v) is 1.91. The van der Waals surface area contributed by atoms with E-state index in [0.29, 0.717) is 17.1 Å². The number of carbonyl (C=O) groups is 1. The van der Waals surface area contributed by atoms with Crippen molar-refractivity contribution in [1.29, 1.82) is 0 Å². The van der Waals surface area contributed by atoms with Gasteiger partial charge in [0.05, 0.1) is 5.02 Å². The number of hydrogen-bond donors (Lipinski definition) is 2. The van der Waals surface area contributed by atoms with Crippen molar-refractivity contribution in [2.24, 2.45) is 0 Å². The number of terminal acetylenes is 1. The molecule has 0 aliphatic heterocycles. The van der Waals surface area contributed by atoms with Crippen LogP contribution < -0.4 is 5.32 Å². The minimum Gasteiger partial charge on any atom is -0.356 e. The summed E-state index contributed by atoms with van der Waals surface area (Å²) in [4.78, 5) is 14.2. The van der Waals surface area contributed by atoms with Crippen LogP contribution in [0.4, 0.5) is 0 Å². The van der Waals surface area contributed by atoms with Crippen LogP contribution in [-0.2, 0) is 0 Å². The summed E-state index contributed by atoms with van der Waals surface area (Å²) in [6.45, 7) is 1.85. The maximum absolute atomic E-state index is 11.5. The largest absolute Gasteiger partial charge is 0.356 e. The van der Waals surface area contributed by atoms with Gasteiger partial charge in [0.15, 0.2) is 0 Å². The van der Waals surface area contributed by atoms with Crippen molar-refractivity contribution in [2.75, 3.05) is 0 Å². The highest BCUT2D eigenvalue weighted by Crippen LogP contribution is 2.09. The van der Waals surface area contributed by atoms with Crippen molar-refractivity contribution in [1.82, 2.24) is 10.3 Å². The molecule has 0 spiro atoms. The summed E-state index contributed by atoms with van der Waals surface area (Å²) in [5.41, 5.74) is 0.443. The fourth-order valence-corrected chi connectivity index (χ4v) is 1.19. The Balaban J connectivity index is 2.55. The molecule has 1 atom stereocenters. The van der Waals surface area contributed by atoms with E-state index in [9.17, 15) is 4.79 Å². The molecule has 0 fully saturated rings. The summed E-state index contributed by atoms with van der Waals surface area (Å²) in [6, 6.07) is 1.54. The molecule has 0 aliphatic rings. The van der Waals surface area contributed by atoms with Gasteiger partial charge < -0.3 is 10.3 Å². The summed E-state index contributed by atoms with van der Waals surface area (Å²) in [7, 11) is 0. The van der Waals surface area contributed by atoms with Gasteiger partial charge in [-0.05, 0) is 13.0 Å². The minimum atomic E-state index is -0.195. The summed E-state index contributed by atoms with van der Waals surface area (Å²) in [5.74, 6) is 2.28. The molecule has 3 nitrogen and oxygen atoms in total. The topological polar surface area (TPSA) is 44.9 Å². The average molecular weight is 211 g/mol. The van der Waals surface area contributed by atoms with E-state index >= 15 is 0 Å². The first-order valence-electron chi connectivity index (χ1n) is 4.21. The second-order valence-corrected chi connectivity index (χ2v) is 3.45. The third kappa shape index (κ3) is 2.82. The van der Waals surface area contributed by atoms with Crippen molar-refractivity contribution < 1.29 is 4.79 Å². The number of nitrogens with one attached hydrogen (secondary N) is 2. The van der Waals surface area contributed by atoms with E-state index < -0.39 is 0 Å². The van der Waals surface area contributed by atoms with Crippen LogP contribution in [0, 0.1) is 12.3 Å². The molecule has 1 heterocycles. The Morgan fingerprint density at radius 2 is 2.57 bits per heavy atom. The molecule has 0 aliphatic carbocycles. The highest BCUT2D eigenvalue weighted by atomic mass is 35.5. The minimum absolute atomic E-state index is 0.0328. The van der Waals surface area contributed by atoms with Crippen molar-refractivity contribution in [3.8, 4) is 12.3 Å². The second-order valence-electron chi connectivity index (χ2n) is 3.01. The number of carbonyl (C=O) groups excluding carboxylic acids is 1. The average Bonchev–Trinajstić information content (AvgIpc) is 2.52. The van der Waals surface area contributed by atoms with E-state index in [4.69, 9.17) is 18.0 Å². The van der Waals surface area contributed by atoms with Gasteiger partial charge in [-0.3, -0.25) is 4.79 Å². The van der Waals surface area contributed by atoms with Crippen LogP contribution in [0.2, 0.25) is 5.02 Å². The third-order valence-electron chi connectivity index (χ3n) is 1.69. The number of hydrogen-bond acceptors (Lipinski definition) is 1. The zero-order chi connectivity index (χ0) is 10.6. The van der Waals surface area contributed by atoms with E-state index in [1.54, 1.807) is 12.3 Å². The first kappa shape index (κ1) is 10.7. The lowest BCUT2D eigenvalue weighted by molar-refractivity contribution is 0.0936. The van der Waals surface area contributed by atoms with Crippen LogP contribution in [0.15, 0.2) is 12.3 Å². The summed E-state index contributed by atoms with van der Waals surface area (Å²) >= 11 is 5.66. The Labute approximate surface area is 87.8 Å². The van der Waals surface area contributed by atoms with Crippen LogP contribution >= 0.6 is 11.6 Å². The summed E-state index contributed by atoms with van der Waals surface area (Å²) in [5, 5.41) is 3.25. The lowest BCUT2D eigenvalue weighted by Crippen LogP contribution is -2.32. The van der Waals surface area contributed by atoms with Gasteiger partial charge in [-0.2, -0.15) is 0 Å². The van der Waals surface area contributed by atoms with Crippen molar-refractivity contribution >= 4 is 17.5 Å². The van der Waals surface area contributed by atoms with Crippen LogP contribution in [0.25, 0.3) is 0 Å². The van der Waals surface area contributed by atoms with Crippen LogP contribution in [-0.4, -0.2) is 16.9 Å². The molecular formula is C10H11ClN2O. The number of aromatic nitrogens is 1. The SMILES string of the molecule is C#CCC(C)NC(=O)c1cc(Cl)c[nH]1. The molecule has 0 saturated heterocycles. The predicted octanol–water partition coefficient (Wildman–Crippen LogP) is 1.81. The molecule has 1 aromatic rings. The first-order chi connectivity index (χ1) is 6.63. The molecule has 0 aromatic carbocycles. The number of H-pyrrole nitrogens is 1. The van der Waals surface area contributed by atoms with Gasteiger partial charge in [-0.1, -0.05) is 11.6 Å². The standard InChI is InChI=1S/C10H11ClN2O/c1-3-4-7(2)13-10(14)9-5-8(11)6-12-9/h1,5-7,12H,4H2,2H3,(H,13,14). The zero-order valence-corrected chi connectivity index (χ0v) is 8.56. The molecule has 1 rings (SSSR count). The van der Waals surface area contributed by atoms with Gasteiger partial charge in [0, 0.05) is 18.7 Å². The number of amides is 1. The van der Waals surface area contributed by atoms with Crippen molar-refractivity contribution in [2.45, 2.75) is 19.4 Å². The van der Waals surface area contributed by atoms with E-state index in [0.717, 1.165) is 0 Å². The number of halogens is 1. The molecule has 0 bridgehead atoms. The molecule has 1 amide bonds. The van der Waals surface area contributed by atoms with Crippen molar-refractivity contribution in [3.63, 3.8) is 0 Å². The zero-order valence-electron chi connectivity index (χ0n) is 7.80. The summed E-state index contributed by atoms with van der Waals surface area (Å²) in [6.07, 6.45) is 7.19. The highest BCUT2D eigenvalue weighted by Gasteiger charge is 2.10. The molecule has 14 heavy (non-hydrogen) atoms. The Hall–Kier alpha value is -1.40. The monoisotopic (exact) mass is 210 g/mol. The Morgan fingerprint density at radius 1 is 1.86 bits per heavy atom. The molecular weight excluding hydrogens is 200 g/mol. The molecule has 74 valence electrons. The number of aromatic amines is 1. The van der Waals surface area contributed by atoms with E-state index in [1.165, 1.54) is 0 Å². The smallest absolute Gasteiger partial charge is 0.267 e. The summed E-state index contributed by atoms with van der Waals surface area (Å²) < 4.78 is 0. The van der Waals surface area contributed by atoms with Gasteiger partial charge in [-0.15, -0.1) is 12.3 Å². The molecule has 4 heteroatoms. The molecule has 0 radical (unpaired) electrons. The molecule has 1 unspecified atom stereocenters. The van der Waals surface area contributed by atoms with Crippen LogP contribution in [0.1, 0.15) is 23.8 Å². The fraction of sp³-hybridized carbons (Fsp3) is 0.300. The predicted molar refractivity (Wildman–Crippen MR) is 56.2 cm³/mol. The fourth-order valence-electron chi connectivity index (χ4n) is 1.03. The lowest BCUT2D eigenvalue weighted by atomic mass is 10.2. The Kier molecular flexibility index (Phi) is 3.61. The van der Waals surface area contributed by atoms with E-state index in [2.05, 4.69) is 16.2 Å². The molecule has 1 aromatic heterocycles. The second kappa shape index (κ2) is 4.73. The van der Waals surface area contributed by atoms with Crippen molar-refractivity contribution in [3.05, 3.63) is 23.0 Å². The van der Waals surface area contributed by atoms with Gasteiger partial charge in [-0.25, -0.2) is 0 Å². The maximum atomic E-state index is 11.5. The Bertz CT molecular complexity index is 364. The van der Waals surface area contributed by atoms with Crippen LogP contribution in [0.5, 0.6) is 0 Å². The first-order valence-corrected chi connectivity index (χ1v) is 4.59. The quantitative estimate of drug-likeness (QED) is 0.735. The van der Waals surface area contributed by atoms with Gasteiger partial charge in [0.2, 0.25) is 0 Å². The molecule has 2 N–H and O–H groups in total. The van der Waals surface area contributed by atoms with E-state index in [-0.39, 0.29) is 11.9 Å². The highest BCUT2D eigenvalue weighted by molar-refractivity contribution is 6.30. The van der Waals surface area contributed by atoms with Gasteiger partial charge >= 0.3 is 0 Å². The molecule has 0 saturated carbocycles.